The van der Waals surface area contributed by atoms with E-state index < -0.39 is 113 Å². The molecule has 1 saturated heterocycles. The molecule has 2 fully saturated rings. The molecule has 1 aliphatic heterocycles. The van der Waals surface area contributed by atoms with Crippen LogP contribution in [0.15, 0.2) is 24.5 Å². The van der Waals surface area contributed by atoms with Crippen LogP contribution in [0, 0.1) is 17.6 Å². The van der Waals surface area contributed by atoms with Gasteiger partial charge in [-0.25, -0.2) is 31.5 Å². The maximum absolute atomic E-state index is 15.6. The minimum Gasteiger partial charge on any atom is -0.382 e. The number of nitrogens with two attached hydrogens (primary N) is 1. The van der Waals surface area contributed by atoms with Gasteiger partial charge in [-0.3, -0.25) is 9.59 Å². The SMILES string of the molecule is Nc1ncnn2c(-c3ccc(F)c(C(=O)N[C@@H]4CN(C(=O)C5CCC(F)(F)C5)C[C@@H]4F)c3F)cc(C(F)(F)F)c12. The van der Waals surface area contributed by atoms with Crippen LogP contribution in [0.2, 0.25) is 0 Å². The molecular weight excluding hydrogens is 556 g/mol. The van der Waals surface area contributed by atoms with Gasteiger partial charge in [0, 0.05) is 30.9 Å². The maximum atomic E-state index is 15.6. The van der Waals surface area contributed by atoms with Gasteiger partial charge in [-0.2, -0.15) is 18.3 Å². The molecule has 1 saturated carbocycles. The largest absolute Gasteiger partial charge is 0.418 e. The number of nitrogen functional groups attached to an aromatic ring is 1. The van der Waals surface area contributed by atoms with E-state index in [1.165, 1.54) is 0 Å². The predicted molar refractivity (Wildman–Crippen MR) is 123 cm³/mol. The zero-order valence-corrected chi connectivity index (χ0v) is 20.3. The van der Waals surface area contributed by atoms with Crippen LogP contribution >= 0.6 is 0 Å². The fourth-order valence-electron chi connectivity index (χ4n) is 5.17. The van der Waals surface area contributed by atoms with Crippen molar-refractivity contribution in [2.24, 2.45) is 5.92 Å². The number of halogens is 8. The second kappa shape index (κ2) is 9.59. The average Bonchev–Trinajstić information content (AvgIpc) is 3.54. The summed E-state index contributed by atoms with van der Waals surface area (Å²) in [6.45, 7) is -0.945. The smallest absolute Gasteiger partial charge is 0.382 e. The molecule has 5 rings (SSSR count). The molecule has 214 valence electrons. The number of benzene rings is 1. The number of hydrogen-bond acceptors (Lipinski definition) is 5. The Balaban J connectivity index is 1.42. The molecule has 1 aliphatic carbocycles. The van der Waals surface area contributed by atoms with Crippen LogP contribution in [0.3, 0.4) is 0 Å². The zero-order valence-electron chi connectivity index (χ0n) is 20.3. The number of nitrogens with zero attached hydrogens (tertiary/aromatic N) is 4. The molecule has 0 spiro atoms. The van der Waals surface area contributed by atoms with Crippen molar-refractivity contribution in [3.8, 4) is 11.3 Å². The molecular formula is C24H20F8N6O2. The minimum atomic E-state index is -4.95. The molecule has 2 aromatic heterocycles. The molecule has 1 aromatic carbocycles. The number of aromatic nitrogens is 3. The van der Waals surface area contributed by atoms with Crippen molar-refractivity contribution in [2.45, 2.75) is 43.6 Å². The first-order valence-corrected chi connectivity index (χ1v) is 12.0. The lowest BCUT2D eigenvalue weighted by molar-refractivity contribution is -0.136. The first-order chi connectivity index (χ1) is 18.7. The Kier molecular flexibility index (Phi) is 6.61. The monoisotopic (exact) mass is 576 g/mol. The molecule has 3 aromatic rings. The van der Waals surface area contributed by atoms with Crippen LogP contribution in [0.1, 0.15) is 35.2 Å². The summed E-state index contributed by atoms with van der Waals surface area (Å²) in [6, 6.07) is 0.539. The van der Waals surface area contributed by atoms with Gasteiger partial charge in [-0.15, -0.1) is 0 Å². The minimum absolute atomic E-state index is 0.0828. The van der Waals surface area contributed by atoms with Gasteiger partial charge < -0.3 is 16.0 Å². The van der Waals surface area contributed by atoms with E-state index in [4.69, 9.17) is 5.73 Å². The number of carbonyl (C=O) groups excluding carboxylic acids is 2. The summed E-state index contributed by atoms with van der Waals surface area (Å²) in [6.07, 6.45) is -7.24. The Morgan fingerprint density at radius 1 is 1.15 bits per heavy atom. The van der Waals surface area contributed by atoms with E-state index in [-0.39, 0.29) is 6.42 Å². The Hall–Kier alpha value is -3.98. The van der Waals surface area contributed by atoms with Crippen molar-refractivity contribution < 1.29 is 44.7 Å². The quantitative estimate of drug-likeness (QED) is 0.457. The van der Waals surface area contributed by atoms with E-state index in [2.05, 4.69) is 15.4 Å². The van der Waals surface area contributed by atoms with Crippen LogP contribution in [-0.2, 0) is 11.0 Å². The molecule has 16 heteroatoms. The first kappa shape index (κ1) is 27.6. The van der Waals surface area contributed by atoms with Crippen LogP contribution < -0.4 is 11.1 Å². The first-order valence-electron chi connectivity index (χ1n) is 12.0. The van der Waals surface area contributed by atoms with Crippen molar-refractivity contribution in [1.29, 1.82) is 0 Å². The third kappa shape index (κ3) is 4.79. The van der Waals surface area contributed by atoms with Crippen molar-refractivity contribution >= 4 is 23.1 Å². The molecule has 2 aliphatic rings. The Morgan fingerprint density at radius 3 is 2.52 bits per heavy atom. The summed E-state index contributed by atoms with van der Waals surface area (Å²) in [5, 5.41) is 5.79. The summed E-state index contributed by atoms with van der Waals surface area (Å²) < 4.78 is 114. The number of likely N-dealkylation sites (tertiary alicyclic amines) is 1. The lowest BCUT2D eigenvalue weighted by Gasteiger charge is -2.20. The van der Waals surface area contributed by atoms with Crippen LogP contribution in [0.25, 0.3) is 16.8 Å². The molecule has 1 unspecified atom stereocenters. The topological polar surface area (TPSA) is 106 Å². The second-order valence-corrected chi connectivity index (χ2v) is 9.77. The normalized spacial score (nSPS) is 22.7. The van der Waals surface area contributed by atoms with E-state index in [0.29, 0.717) is 16.6 Å². The zero-order chi connectivity index (χ0) is 29.1. The molecule has 3 N–H and O–H groups in total. The molecule has 0 radical (unpaired) electrons. The van der Waals surface area contributed by atoms with Crippen molar-refractivity contribution in [2.75, 3.05) is 18.8 Å². The third-order valence-electron chi connectivity index (χ3n) is 7.11. The molecule has 0 bridgehead atoms. The van der Waals surface area contributed by atoms with Gasteiger partial charge in [0.25, 0.3) is 5.91 Å². The van der Waals surface area contributed by atoms with Gasteiger partial charge in [0.05, 0.1) is 23.8 Å². The Morgan fingerprint density at radius 2 is 1.88 bits per heavy atom. The molecule has 40 heavy (non-hydrogen) atoms. The van der Waals surface area contributed by atoms with Gasteiger partial charge in [0.2, 0.25) is 11.8 Å². The predicted octanol–water partition coefficient (Wildman–Crippen LogP) is 3.99. The number of nitrogens with one attached hydrogen (secondary N) is 1. The highest BCUT2D eigenvalue weighted by Gasteiger charge is 2.46. The lowest BCUT2D eigenvalue weighted by Crippen LogP contribution is -2.42. The second-order valence-electron chi connectivity index (χ2n) is 9.77. The number of fused-ring (bicyclic) bond motifs is 1. The number of hydrogen-bond donors (Lipinski definition) is 2. The van der Waals surface area contributed by atoms with Gasteiger partial charge in [0.1, 0.15) is 35.2 Å². The summed E-state index contributed by atoms with van der Waals surface area (Å²) in [7, 11) is 0. The number of alkyl halides is 6. The van der Waals surface area contributed by atoms with Crippen molar-refractivity contribution in [3.63, 3.8) is 0 Å². The number of amides is 2. The molecule has 3 atom stereocenters. The van der Waals surface area contributed by atoms with Gasteiger partial charge in [-0.05, 0) is 24.6 Å². The summed E-state index contributed by atoms with van der Waals surface area (Å²) in [5.74, 6) is -9.68. The summed E-state index contributed by atoms with van der Waals surface area (Å²) in [4.78, 5) is 30.0. The number of carbonyl (C=O) groups is 2. The Bertz CT molecular complexity index is 1510. The Labute approximate surface area is 220 Å². The van der Waals surface area contributed by atoms with Gasteiger partial charge in [0.15, 0.2) is 5.82 Å². The molecule has 3 heterocycles. The molecule has 8 nitrogen and oxygen atoms in total. The van der Waals surface area contributed by atoms with Crippen LogP contribution in [-0.4, -0.2) is 62.5 Å². The average molecular weight is 576 g/mol. The highest BCUT2D eigenvalue weighted by atomic mass is 19.4. The standard InChI is InChI=1S/C24H20F8N6O2/c25-13-2-1-11(16-5-12(24(30,31)32)19-20(33)34-9-35-38(16)19)18(27)17(13)21(39)36-15-8-37(7-14(15)26)22(40)10-3-4-23(28,29)6-10/h1-2,5,9-10,14-15H,3-4,6-8H2,(H,36,39)(H2,33,34,35)/t10?,14-,15+/m0/s1. The van der Waals surface area contributed by atoms with E-state index in [0.717, 1.165) is 17.3 Å². The summed E-state index contributed by atoms with van der Waals surface area (Å²) in [5.41, 5.74) is 1.23. The van der Waals surface area contributed by atoms with Gasteiger partial charge >= 0.3 is 6.18 Å². The van der Waals surface area contributed by atoms with Crippen LogP contribution in [0.4, 0.5) is 40.9 Å². The maximum Gasteiger partial charge on any atom is 0.418 e. The van der Waals surface area contributed by atoms with E-state index in [1.54, 1.807) is 0 Å². The van der Waals surface area contributed by atoms with Crippen LogP contribution in [0.5, 0.6) is 0 Å². The van der Waals surface area contributed by atoms with E-state index >= 15 is 4.39 Å². The highest BCUT2D eigenvalue weighted by molar-refractivity contribution is 5.96. The fraction of sp³-hybridized carbons (Fsp3) is 0.417. The van der Waals surface area contributed by atoms with Crippen molar-refractivity contribution in [3.05, 3.63) is 47.3 Å². The van der Waals surface area contributed by atoms with Crippen molar-refractivity contribution in [1.82, 2.24) is 24.8 Å². The van der Waals surface area contributed by atoms with E-state index in [1.807, 2.05) is 0 Å². The number of rotatable bonds is 4. The van der Waals surface area contributed by atoms with Gasteiger partial charge in [-0.1, -0.05) is 0 Å². The summed E-state index contributed by atoms with van der Waals surface area (Å²) >= 11 is 0. The highest BCUT2D eigenvalue weighted by Crippen LogP contribution is 2.41. The number of anilines is 1. The lowest BCUT2D eigenvalue weighted by atomic mass is 10.0. The van der Waals surface area contributed by atoms with E-state index in [9.17, 15) is 40.3 Å². The third-order valence-corrected chi connectivity index (χ3v) is 7.11. The fourth-order valence-corrected chi connectivity index (χ4v) is 5.17. The molecule has 2 amide bonds.